The number of rotatable bonds is 2. The predicted octanol–water partition coefficient (Wildman–Crippen LogP) is 2.95. The van der Waals surface area contributed by atoms with Gasteiger partial charge in [0.05, 0.1) is 5.57 Å². The summed E-state index contributed by atoms with van der Waals surface area (Å²) in [7, 11) is 0. The van der Waals surface area contributed by atoms with Gasteiger partial charge in [-0.25, -0.2) is 0 Å². The number of hydrogen-bond acceptors (Lipinski definition) is 3. The lowest BCUT2D eigenvalue weighted by Gasteiger charge is -2.22. The third kappa shape index (κ3) is 2.67. The Morgan fingerprint density at radius 3 is 2.24 bits per heavy atom. The molecule has 17 heavy (non-hydrogen) atoms. The van der Waals surface area contributed by atoms with Crippen LogP contribution >= 0.6 is 11.8 Å². The van der Waals surface area contributed by atoms with E-state index >= 15 is 0 Å². The fraction of sp³-hybridized carbons (Fsp3) is 0.286. The largest absolute Gasteiger partial charge is 0.294 e. The molecule has 0 unspecified atom stereocenters. The highest BCUT2D eigenvalue weighted by Gasteiger charge is 2.30. The first-order chi connectivity index (χ1) is 8.22. The van der Waals surface area contributed by atoms with Crippen LogP contribution < -0.4 is 0 Å². The number of allylic oxidation sites excluding steroid dienone is 1. The van der Waals surface area contributed by atoms with Crippen molar-refractivity contribution in [3.63, 3.8) is 0 Å². The zero-order chi connectivity index (χ0) is 12.3. The summed E-state index contributed by atoms with van der Waals surface area (Å²) in [6, 6.07) is 9.78. The van der Waals surface area contributed by atoms with Crippen LogP contribution in [0.3, 0.4) is 0 Å². The van der Waals surface area contributed by atoms with Gasteiger partial charge in [0, 0.05) is 12.8 Å². The fourth-order valence-electron chi connectivity index (χ4n) is 2.11. The minimum atomic E-state index is -0.0237. The Bertz CT molecular complexity index is 442. The van der Waals surface area contributed by atoms with E-state index in [9.17, 15) is 9.59 Å². The van der Waals surface area contributed by atoms with Crippen LogP contribution in [0.25, 0.3) is 0 Å². The minimum absolute atomic E-state index is 0.0237. The zero-order valence-corrected chi connectivity index (χ0v) is 10.5. The van der Waals surface area contributed by atoms with Crippen LogP contribution in [0.2, 0.25) is 0 Å². The summed E-state index contributed by atoms with van der Waals surface area (Å²) in [6.07, 6.45) is 2.75. The maximum absolute atomic E-state index is 11.9. The second-order valence-corrected chi connectivity index (χ2v) is 4.84. The van der Waals surface area contributed by atoms with Crippen molar-refractivity contribution in [2.24, 2.45) is 0 Å². The molecule has 0 heterocycles. The number of carbonyl (C=O) groups is 2. The standard InChI is InChI=1S/C14H14O2S/c1-17-9-12-13(15)7-11(8-14(12)16)10-5-3-2-4-6-10/h2-6,9,11H,7-8H2,1H3. The van der Waals surface area contributed by atoms with Crippen molar-refractivity contribution in [1.82, 2.24) is 0 Å². The average Bonchev–Trinajstić information content (AvgIpc) is 2.35. The van der Waals surface area contributed by atoms with Gasteiger partial charge in [-0.1, -0.05) is 30.3 Å². The minimum Gasteiger partial charge on any atom is -0.294 e. The van der Waals surface area contributed by atoms with E-state index in [1.807, 2.05) is 36.6 Å². The van der Waals surface area contributed by atoms with Crippen molar-refractivity contribution in [3.05, 3.63) is 46.9 Å². The van der Waals surface area contributed by atoms with Crippen molar-refractivity contribution >= 4 is 23.3 Å². The topological polar surface area (TPSA) is 34.1 Å². The van der Waals surface area contributed by atoms with E-state index < -0.39 is 0 Å². The number of hydrogen-bond donors (Lipinski definition) is 0. The van der Waals surface area contributed by atoms with Gasteiger partial charge >= 0.3 is 0 Å². The van der Waals surface area contributed by atoms with E-state index in [2.05, 4.69) is 0 Å². The summed E-state index contributed by atoms with van der Waals surface area (Å²) >= 11 is 1.41. The molecule has 1 aromatic carbocycles. The Morgan fingerprint density at radius 2 is 1.71 bits per heavy atom. The van der Waals surface area contributed by atoms with Gasteiger partial charge in [-0.2, -0.15) is 0 Å². The van der Waals surface area contributed by atoms with Crippen LogP contribution in [-0.4, -0.2) is 17.8 Å². The van der Waals surface area contributed by atoms with E-state index in [0.717, 1.165) is 5.56 Å². The van der Waals surface area contributed by atoms with Gasteiger partial charge in [0.1, 0.15) is 0 Å². The molecule has 2 rings (SSSR count). The summed E-state index contributed by atoms with van der Waals surface area (Å²) in [4.78, 5) is 23.8. The molecule has 1 fully saturated rings. The molecule has 2 nitrogen and oxygen atoms in total. The zero-order valence-electron chi connectivity index (χ0n) is 9.68. The Labute approximate surface area is 105 Å². The fourth-order valence-corrected chi connectivity index (χ4v) is 2.60. The van der Waals surface area contributed by atoms with Crippen molar-refractivity contribution in [2.45, 2.75) is 18.8 Å². The quantitative estimate of drug-likeness (QED) is 0.594. The van der Waals surface area contributed by atoms with Crippen LogP contribution in [0, 0.1) is 0 Å². The summed E-state index contributed by atoms with van der Waals surface area (Å²) in [6.45, 7) is 0. The molecule has 0 aromatic heterocycles. The first-order valence-corrected chi connectivity index (χ1v) is 6.85. The van der Waals surface area contributed by atoms with Gasteiger partial charge in [0.15, 0.2) is 11.6 Å². The van der Waals surface area contributed by atoms with E-state index in [0.29, 0.717) is 18.4 Å². The van der Waals surface area contributed by atoms with Crippen molar-refractivity contribution in [3.8, 4) is 0 Å². The van der Waals surface area contributed by atoms with Gasteiger partial charge in [-0.15, -0.1) is 11.8 Å². The Kier molecular flexibility index (Phi) is 3.79. The lowest BCUT2D eigenvalue weighted by molar-refractivity contribution is -0.124. The molecule has 3 heteroatoms. The summed E-state index contributed by atoms with van der Waals surface area (Å²) in [5.74, 6) is 0.00381. The van der Waals surface area contributed by atoms with Crippen LogP contribution in [0.5, 0.6) is 0 Å². The van der Waals surface area contributed by atoms with Gasteiger partial charge in [-0.3, -0.25) is 9.59 Å². The molecule has 0 amide bonds. The van der Waals surface area contributed by atoms with Crippen LogP contribution in [0.15, 0.2) is 41.3 Å². The number of thioether (sulfide) groups is 1. The van der Waals surface area contributed by atoms with Gasteiger partial charge in [0.25, 0.3) is 0 Å². The number of benzene rings is 1. The third-order valence-corrected chi connectivity index (χ3v) is 3.44. The Hall–Kier alpha value is -1.35. The number of ketones is 2. The van der Waals surface area contributed by atoms with Crippen molar-refractivity contribution in [1.29, 1.82) is 0 Å². The Morgan fingerprint density at radius 1 is 1.12 bits per heavy atom. The molecule has 1 aromatic rings. The molecule has 0 atom stereocenters. The van der Waals surface area contributed by atoms with Crippen LogP contribution in [-0.2, 0) is 9.59 Å². The average molecular weight is 246 g/mol. The lowest BCUT2D eigenvalue weighted by atomic mass is 9.80. The first-order valence-electron chi connectivity index (χ1n) is 5.56. The molecular formula is C14H14O2S. The monoisotopic (exact) mass is 246 g/mol. The number of carbonyl (C=O) groups excluding carboxylic acids is 2. The van der Waals surface area contributed by atoms with Crippen molar-refractivity contribution < 1.29 is 9.59 Å². The highest BCUT2D eigenvalue weighted by Crippen LogP contribution is 2.31. The molecule has 0 saturated heterocycles. The second-order valence-electron chi connectivity index (χ2n) is 4.13. The highest BCUT2D eigenvalue weighted by molar-refractivity contribution is 8.01. The molecular weight excluding hydrogens is 232 g/mol. The van der Waals surface area contributed by atoms with E-state index in [-0.39, 0.29) is 17.5 Å². The van der Waals surface area contributed by atoms with E-state index in [1.165, 1.54) is 11.8 Å². The molecule has 0 radical (unpaired) electrons. The maximum Gasteiger partial charge on any atom is 0.167 e. The normalized spacial score (nSPS) is 20.5. The molecule has 88 valence electrons. The third-order valence-electron chi connectivity index (χ3n) is 2.97. The summed E-state index contributed by atoms with van der Waals surface area (Å²) < 4.78 is 0. The molecule has 0 bridgehead atoms. The van der Waals surface area contributed by atoms with E-state index in [4.69, 9.17) is 0 Å². The summed E-state index contributed by atoms with van der Waals surface area (Å²) in [5.41, 5.74) is 1.46. The summed E-state index contributed by atoms with van der Waals surface area (Å²) in [5, 5.41) is 1.67. The first kappa shape index (κ1) is 12.1. The van der Waals surface area contributed by atoms with Gasteiger partial charge in [0.2, 0.25) is 0 Å². The molecule has 1 aliphatic rings. The lowest BCUT2D eigenvalue weighted by Crippen LogP contribution is -2.24. The highest BCUT2D eigenvalue weighted by atomic mass is 32.2. The van der Waals surface area contributed by atoms with Crippen LogP contribution in [0.1, 0.15) is 24.3 Å². The smallest absolute Gasteiger partial charge is 0.167 e. The SMILES string of the molecule is CSC=C1C(=O)CC(c2ccccc2)CC1=O. The molecule has 0 N–H and O–H groups in total. The molecule has 1 aliphatic carbocycles. The molecule has 0 aliphatic heterocycles. The van der Waals surface area contributed by atoms with Gasteiger partial charge < -0.3 is 0 Å². The Balaban J connectivity index is 2.20. The van der Waals surface area contributed by atoms with E-state index in [1.54, 1.807) is 5.41 Å². The maximum atomic E-state index is 11.9. The van der Waals surface area contributed by atoms with Gasteiger partial charge in [-0.05, 0) is 23.1 Å². The molecule has 1 saturated carbocycles. The molecule has 0 spiro atoms. The second kappa shape index (κ2) is 5.32. The van der Waals surface area contributed by atoms with Crippen molar-refractivity contribution in [2.75, 3.05) is 6.26 Å². The number of Topliss-reactive ketones (excluding diaryl/α,β-unsaturated/α-hetero) is 2. The predicted molar refractivity (Wildman–Crippen MR) is 70.0 cm³/mol. The van der Waals surface area contributed by atoms with Crippen LogP contribution in [0.4, 0.5) is 0 Å².